The molecule has 0 unspecified atom stereocenters. The molecule has 5 N–H and O–H groups in total. The van der Waals surface area contributed by atoms with E-state index in [2.05, 4.69) is 42.5 Å². The largest absolute Gasteiger partial charge is 0.506 e. The van der Waals surface area contributed by atoms with Gasteiger partial charge in [0.15, 0.2) is 6.10 Å². The van der Waals surface area contributed by atoms with Crippen molar-refractivity contribution in [2.24, 2.45) is 0 Å². The molecule has 3 aromatic carbocycles. The molecule has 0 spiro atoms. The SMILES string of the molecule is CO[C@@H](CC/C=C/C(=O)Nc1ccccc1N)[C@@H](OC(=O)Nc1ccc(SC)cc1)c1cc(Br)cc(Br)c1O. The fraction of sp³-hybridized carbons (Fsp3) is 0.214. The Morgan fingerprint density at radius 3 is 2.49 bits per heavy atom. The van der Waals surface area contributed by atoms with Crippen LogP contribution >= 0.6 is 43.6 Å². The third-order valence-electron chi connectivity index (χ3n) is 5.68. The number of allylic oxidation sites excluding steroid dienone is 1. The molecule has 0 saturated heterocycles. The predicted octanol–water partition coefficient (Wildman–Crippen LogP) is 7.50. The van der Waals surface area contributed by atoms with Crippen LogP contribution in [0.2, 0.25) is 0 Å². The average molecular weight is 679 g/mol. The molecule has 8 nitrogen and oxygen atoms in total. The quantitative estimate of drug-likeness (QED) is 0.0941. The molecule has 0 aliphatic rings. The van der Waals surface area contributed by atoms with E-state index in [1.54, 1.807) is 66.4 Å². The number of thioether (sulfide) groups is 1. The van der Waals surface area contributed by atoms with Crippen molar-refractivity contribution >= 4 is 72.7 Å². The molecule has 0 aliphatic carbocycles. The summed E-state index contributed by atoms with van der Waals surface area (Å²) in [6.45, 7) is 0. The summed E-state index contributed by atoms with van der Waals surface area (Å²) >= 11 is 8.36. The number of rotatable bonds is 11. The second kappa shape index (κ2) is 15.0. The molecule has 0 aliphatic heterocycles. The molecule has 2 atom stereocenters. The molecule has 206 valence electrons. The minimum absolute atomic E-state index is 0.0715. The topological polar surface area (TPSA) is 123 Å². The van der Waals surface area contributed by atoms with Crippen molar-refractivity contribution in [1.82, 2.24) is 0 Å². The molecule has 0 radical (unpaired) electrons. The summed E-state index contributed by atoms with van der Waals surface area (Å²) in [4.78, 5) is 26.3. The van der Waals surface area contributed by atoms with Crippen LogP contribution in [0.5, 0.6) is 5.75 Å². The summed E-state index contributed by atoms with van der Waals surface area (Å²) in [6, 6.07) is 17.7. The van der Waals surface area contributed by atoms with Gasteiger partial charge in [-0.25, -0.2) is 4.79 Å². The van der Waals surface area contributed by atoms with Gasteiger partial charge in [0.2, 0.25) is 5.91 Å². The van der Waals surface area contributed by atoms with E-state index in [4.69, 9.17) is 15.2 Å². The number of phenolic OH excluding ortho intramolecular Hbond substituents is 1. The Morgan fingerprint density at radius 1 is 1.10 bits per heavy atom. The predicted molar refractivity (Wildman–Crippen MR) is 163 cm³/mol. The highest BCUT2D eigenvalue weighted by Crippen LogP contribution is 2.39. The molecular formula is C28H29Br2N3O5S. The Hall–Kier alpha value is -2.99. The van der Waals surface area contributed by atoms with Crippen molar-refractivity contribution in [3.8, 4) is 5.75 Å². The van der Waals surface area contributed by atoms with Gasteiger partial charge in [-0.05, 0) is 89.6 Å². The number of anilines is 3. The lowest BCUT2D eigenvalue weighted by molar-refractivity contribution is -0.111. The van der Waals surface area contributed by atoms with Crippen LogP contribution in [0.1, 0.15) is 24.5 Å². The Balaban J connectivity index is 1.73. The number of halogens is 2. The van der Waals surface area contributed by atoms with Crippen LogP contribution < -0.4 is 16.4 Å². The monoisotopic (exact) mass is 677 g/mol. The molecule has 3 rings (SSSR count). The summed E-state index contributed by atoms with van der Waals surface area (Å²) < 4.78 is 12.6. The van der Waals surface area contributed by atoms with Gasteiger partial charge < -0.3 is 25.6 Å². The zero-order valence-electron chi connectivity index (χ0n) is 21.3. The first kappa shape index (κ1) is 30.6. The van der Waals surface area contributed by atoms with Gasteiger partial charge >= 0.3 is 6.09 Å². The highest BCUT2D eigenvalue weighted by Gasteiger charge is 2.30. The molecule has 0 bridgehead atoms. The lowest BCUT2D eigenvalue weighted by Crippen LogP contribution is -2.28. The van der Waals surface area contributed by atoms with Crippen LogP contribution in [0, 0.1) is 0 Å². The van der Waals surface area contributed by atoms with Gasteiger partial charge in [0.1, 0.15) is 5.75 Å². The first-order valence-corrected chi connectivity index (χ1v) is 14.7. The van der Waals surface area contributed by atoms with Crippen LogP contribution in [-0.2, 0) is 14.3 Å². The lowest BCUT2D eigenvalue weighted by atomic mass is 9.99. The van der Waals surface area contributed by atoms with E-state index in [1.165, 1.54) is 13.2 Å². The molecule has 0 aromatic heterocycles. The first-order valence-electron chi connectivity index (χ1n) is 11.9. The summed E-state index contributed by atoms with van der Waals surface area (Å²) in [5.74, 6) is -0.396. The second-order valence-corrected chi connectivity index (χ2v) is 11.0. The van der Waals surface area contributed by atoms with Gasteiger partial charge in [-0.2, -0.15) is 0 Å². The molecule has 11 heteroatoms. The number of carbonyl (C=O) groups is 2. The number of nitrogen functional groups attached to an aromatic ring is 1. The highest BCUT2D eigenvalue weighted by atomic mass is 79.9. The molecule has 2 amide bonds. The number of methoxy groups -OCH3 is 1. The number of phenols is 1. The number of nitrogens with one attached hydrogen (secondary N) is 2. The Morgan fingerprint density at radius 2 is 1.82 bits per heavy atom. The van der Waals surface area contributed by atoms with E-state index in [9.17, 15) is 14.7 Å². The minimum Gasteiger partial charge on any atom is -0.506 e. The number of nitrogens with two attached hydrogens (primary N) is 1. The first-order chi connectivity index (χ1) is 18.7. The second-order valence-electron chi connectivity index (χ2n) is 8.34. The maximum Gasteiger partial charge on any atom is 0.412 e. The zero-order valence-corrected chi connectivity index (χ0v) is 25.3. The van der Waals surface area contributed by atoms with Gasteiger partial charge in [-0.15, -0.1) is 11.8 Å². The van der Waals surface area contributed by atoms with Gasteiger partial charge in [-0.3, -0.25) is 10.1 Å². The van der Waals surface area contributed by atoms with Crippen molar-refractivity contribution in [2.45, 2.75) is 29.9 Å². The van der Waals surface area contributed by atoms with Crippen molar-refractivity contribution < 1.29 is 24.2 Å². The molecular weight excluding hydrogens is 650 g/mol. The van der Waals surface area contributed by atoms with Crippen LogP contribution in [0.4, 0.5) is 21.9 Å². The van der Waals surface area contributed by atoms with Gasteiger partial charge in [0.05, 0.1) is 22.0 Å². The third kappa shape index (κ3) is 9.03. The maximum absolute atomic E-state index is 12.9. The number of ether oxygens (including phenoxy) is 2. The number of hydrogen-bond acceptors (Lipinski definition) is 7. The van der Waals surface area contributed by atoms with Gasteiger partial charge in [-0.1, -0.05) is 34.1 Å². The van der Waals surface area contributed by atoms with Crippen LogP contribution in [0.25, 0.3) is 0 Å². The van der Waals surface area contributed by atoms with E-state index in [1.807, 2.05) is 18.4 Å². The normalized spacial score (nSPS) is 12.6. The van der Waals surface area contributed by atoms with E-state index in [0.717, 1.165) is 4.90 Å². The Labute approximate surface area is 248 Å². The molecule has 0 fully saturated rings. The van der Waals surface area contributed by atoms with Gasteiger partial charge in [0, 0.05) is 27.7 Å². The average Bonchev–Trinajstić information content (AvgIpc) is 2.91. The number of amides is 2. The van der Waals surface area contributed by atoms with Crippen LogP contribution in [-0.4, -0.2) is 36.6 Å². The van der Waals surface area contributed by atoms with Crippen LogP contribution in [0.3, 0.4) is 0 Å². The summed E-state index contributed by atoms with van der Waals surface area (Å²) in [7, 11) is 1.50. The maximum atomic E-state index is 12.9. The lowest BCUT2D eigenvalue weighted by Gasteiger charge is -2.27. The van der Waals surface area contributed by atoms with Crippen molar-refractivity contribution in [2.75, 3.05) is 29.7 Å². The minimum atomic E-state index is -0.958. The standard InChI is InChI=1S/C28H29Br2N3O5S/c1-37-24(9-5-6-10-25(34)33-23-8-4-3-7-22(23)31)27(20-15-17(29)16-21(30)26(20)35)38-28(36)32-18-11-13-19(39-2)14-12-18/h3-4,6-8,10-16,24,27,35H,5,9,31H2,1-2H3,(H,32,36)(H,33,34)/b10-6+/t24-,27-/m0/s1. The molecule has 0 saturated carbocycles. The van der Waals surface area contributed by atoms with E-state index in [0.29, 0.717) is 44.4 Å². The Bertz CT molecular complexity index is 1320. The van der Waals surface area contributed by atoms with Crippen LogP contribution in [0.15, 0.2) is 86.7 Å². The van der Waals surface area contributed by atoms with Crippen molar-refractivity contribution in [3.05, 3.63) is 87.3 Å². The zero-order chi connectivity index (χ0) is 28.4. The van der Waals surface area contributed by atoms with Crippen molar-refractivity contribution in [1.29, 1.82) is 0 Å². The number of para-hydroxylation sites is 2. The number of hydrogen-bond donors (Lipinski definition) is 4. The van der Waals surface area contributed by atoms with E-state index in [-0.39, 0.29) is 11.7 Å². The fourth-order valence-corrected chi connectivity index (χ4v) is 5.37. The fourth-order valence-electron chi connectivity index (χ4n) is 3.71. The molecule has 0 heterocycles. The van der Waals surface area contributed by atoms with Crippen molar-refractivity contribution in [3.63, 3.8) is 0 Å². The number of carbonyl (C=O) groups excluding carboxylic acids is 2. The summed E-state index contributed by atoms with van der Waals surface area (Å²) in [5, 5.41) is 16.2. The molecule has 39 heavy (non-hydrogen) atoms. The van der Waals surface area contributed by atoms with E-state index < -0.39 is 18.3 Å². The Kier molecular flexibility index (Phi) is 11.7. The third-order valence-corrected chi connectivity index (χ3v) is 7.49. The summed E-state index contributed by atoms with van der Waals surface area (Å²) in [5.41, 5.74) is 7.80. The smallest absolute Gasteiger partial charge is 0.412 e. The number of benzene rings is 3. The van der Waals surface area contributed by atoms with E-state index >= 15 is 0 Å². The molecule has 3 aromatic rings. The van der Waals surface area contributed by atoms with Gasteiger partial charge in [0.25, 0.3) is 0 Å². The number of aromatic hydroxyl groups is 1. The highest BCUT2D eigenvalue weighted by molar-refractivity contribution is 9.11. The summed E-state index contributed by atoms with van der Waals surface area (Å²) in [6.07, 6.45) is 3.59.